The Balaban J connectivity index is 1.79. The van der Waals surface area contributed by atoms with Crippen molar-refractivity contribution in [1.29, 1.82) is 0 Å². The molecule has 0 spiro atoms. The lowest BCUT2D eigenvalue weighted by molar-refractivity contribution is 0.745. The Bertz CT molecular complexity index is 1160. The zero-order valence-corrected chi connectivity index (χ0v) is 15.1. The number of halogens is 1. The molecule has 0 atom stereocenters. The monoisotopic (exact) mass is 365 g/mol. The van der Waals surface area contributed by atoms with Crippen LogP contribution in [0, 0.1) is 13.8 Å². The van der Waals surface area contributed by atoms with E-state index in [2.05, 4.69) is 21.4 Å². The summed E-state index contributed by atoms with van der Waals surface area (Å²) in [7, 11) is 0. The molecule has 130 valence electrons. The van der Waals surface area contributed by atoms with Crippen molar-refractivity contribution in [3.8, 4) is 5.69 Å². The lowest BCUT2D eigenvalue weighted by atomic mass is 10.1. The fourth-order valence-corrected chi connectivity index (χ4v) is 3.25. The number of aryl methyl sites for hydroxylation is 2. The van der Waals surface area contributed by atoms with E-state index >= 15 is 0 Å². The number of rotatable bonds is 3. The first-order chi connectivity index (χ1) is 12.5. The van der Waals surface area contributed by atoms with Crippen LogP contribution in [0.25, 0.3) is 16.9 Å². The van der Waals surface area contributed by atoms with E-state index in [9.17, 15) is 4.79 Å². The molecule has 4 aromatic rings. The smallest absolute Gasteiger partial charge is 0.283 e. The molecular weight excluding hydrogens is 350 g/mol. The zero-order valence-electron chi connectivity index (χ0n) is 14.3. The number of fused-ring (bicyclic) bond motifs is 1. The number of benzene rings is 2. The van der Waals surface area contributed by atoms with Gasteiger partial charge in [-0.2, -0.15) is 4.68 Å². The van der Waals surface area contributed by atoms with Crippen LogP contribution in [0.4, 0.5) is 0 Å². The third kappa shape index (κ3) is 2.99. The van der Waals surface area contributed by atoms with Crippen LogP contribution in [0.3, 0.4) is 0 Å². The Morgan fingerprint density at radius 1 is 1.08 bits per heavy atom. The molecule has 2 heterocycles. The summed E-state index contributed by atoms with van der Waals surface area (Å²) >= 11 is 6.01. The molecule has 7 heteroatoms. The van der Waals surface area contributed by atoms with E-state index in [1.54, 1.807) is 10.7 Å². The summed E-state index contributed by atoms with van der Waals surface area (Å²) in [6.07, 6.45) is 1.52. The maximum atomic E-state index is 12.8. The summed E-state index contributed by atoms with van der Waals surface area (Å²) in [5.74, 6) is 0. The Morgan fingerprint density at radius 3 is 2.58 bits per heavy atom. The maximum absolute atomic E-state index is 12.8. The summed E-state index contributed by atoms with van der Waals surface area (Å²) in [6, 6.07) is 13.4. The lowest BCUT2D eigenvalue weighted by Gasteiger charge is -2.07. The van der Waals surface area contributed by atoms with Gasteiger partial charge in [0.25, 0.3) is 5.56 Å². The second-order valence-electron chi connectivity index (χ2n) is 6.33. The van der Waals surface area contributed by atoms with E-state index < -0.39 is 0 Å². The van der Waals surface area contributed by atoms with Gasteiger partial charge in [0.05, 0.1) is 12.2 Å². The summed E-state index contributed by atoms with van der Waals surface area (Å²) in [5, 5.41) is 8.84. The molecule has 0 aliphatic rings. The van der Waals surface area contributed by atoms with Crippen molar-refractivity contribution in [2.24, 2.45) is 0 Å². The third-order valence-corrected chi connectivity index (χ3v) is 4.36. The van der Waals surface area contributed by atoms with Crippen molar-refractivity contribution in [2.75, 3.05) is 0 Å². The Kier molecular flexibility index (Phi) is 4.05. The lowest BCUT2D eigenvalue weighted by Crippen LogP contribution is -2.21. The molecule has 0 amide bonds. The van der Waals surface area contributed by atoms with Gasteiger partial charge >= 0.3 is 0 Å². The minimum Gasteiger partial charge on any atom is -0.293 e. The van der Waals surface area contributed by atoms with E-state index in [1.807, 2.05) is 44.2 Å². The first-order valence-corrected chi connectivity index (χ1v) is 8.53. The highest BCUT2D eigenvalue weighted by Crippen LogP contribution is 2.16. The molecule has 0 radical (unpaired) electrons. The highest BCUT2D eigenvalue weighted by molar-refractivity contribution is 6.30. The Hall–Kier alpha value is -2.99. The van der Waals surface area contributed by atoms with E-state index in [0.717, 1.165) is 22.4 Å². The van der Waals surface area contributed by atoms with Crippen molar-refractivity contribution < 1.29 is 0 Å². The number of hydrogen-bond acceptors (Lipinski definition) is 4. The minimum absolute atomic E-state index is 0.231. The molecule has 0 saturated heterocycles. The van der Waals surface area contributed by atoms with Gasteiger partial charge in [0.15, 0.2) is 11.2 Å². The quantitative estimate of drug-likeness (QED) is 0.558. The Morgan fingerprint density at radius 2 is 1.85 bits per heavy atom. The average Bonchev–Trinajstić information content (AvgIpc) is 3.01. The molecule has 2 aromatic carbocycles. The van der Waals surface area contributed by atoms with Gasteiger partial charge in [0, 0.05) is 5.02 Å². The van der Waals surface area contributed by atoms with Crippen molar-refractivity contribution >= 4 is 22.8 Å². The van der Waals surface area contributed by atoms with Crippen molar-refractivity contribution in [1.82, 2.24) is 24.5 Å². The van der Waals surface area contributed by atoms with Crippen molar-refractivity contribution in [3.63, 3.8) is 0 Å². The summed E-state index contributed by atoms with van der Waals surface area (Å²) in [5.41, 5.74) is 4.43. The van der Waals surface area contributed by atoms with Crippen LogP contribution in [-0.4, -0.2) is 24.5 Å². The van der Waals surface area contributed by atoms with Crippen LogP contribution in [0.1, 0.15) is 16.7 Å². The largest absolute Gasteiger partial charge is 0.293 e. The highest BCUT2D eigenvalue weighted by Gasteiger charge is 2.14. The first-order valence-electron chi connectivity index (χ1n) is 8.15. The molecule has 0 saturated carbocycles. The average molecular weight is 366 g/mol. The molecular formula is C19H16ClN5O. The first kappa shape index (κ1) is 16.5. The second-order valence-corrected chi connectivity index (χ2v) is 6.76. The van der Waals surface area contributed by atoms with Gasteiger partial charge in [0.2, 0.25) is 0 Å². The van der Waals surface area contributed by atoms with Crippen LogP contribution in [0.5, 0.6) is 0 Å². The topological polar surface area (TPSA) is 65.6 Å². The third-order valence-electron chi connectivity index (χ3n) is 4.12. The van der Waals surface area contributed by atoms with E-state index in [4.69, 9.17) is 11.6 Å². The van der Waals surface area contributed by atoms with Gasteiger partial charge in [0.1, 0.15) is 6.33 Å². The fourth-order valence-electron chi connectivity index (χ4n) is 3.04. The van der Waals surface area contributed by atoms with Crippen LogP contribution < -0.4 is 5.56 Å². The molecule has 0 unspecified atom stereocenters. The zero-order chi connectivity index (χ0) is 18.3. The van der Waals surface area contributed by atoms with E-state index in [1.165, 1.54) is 10.9 Å². The van der Waals surface area contributed by atoms with Gasteiger partial charge in [-0.05, 0) is 54.8 Å². The maximum Gasteiger partial charge on any atom is 0.283 e. The summed E-state index contributed by atoms with van der Waals surface area (Å²) in [4.78, 5) is 17.2. The normalized spacial score (nSPS) is 11.2. The fraction of sp³-hybridized carbons (Fsp3) is 0.158. The van der Waals surface area contributed by atoms with Crippen LogP contribution >= 0.6 is 11.6 Å². The molecule has 0 aliphatic carbocycles. The van der Waals surface area contributed by atoms with Gasteiger partial charge in [-0.1, -0.05) is 35.0 Å². The molecule has 26 heavy (non-hydrogen) atoms. The predicted octanol–water partition coefficient (Wildman–Crippen LogP) is 3.30. The number of nitrogens with zero attached hydrogens (tertiary/aromatic N) is 5. The van der Waals surface area contributed by atoms with Crippen molar-refractivity contribution in [3.05, 3.63) is 80.9 Å². The number of hydrogen-bond donors (Lipinski definition) is 0. The van der Waals surface area contributed by atoms with E-state index in [-0.39, 0.29) is 11.1 Å². The number of aromatic nitrogens is 5. The van der Waals surface area contributed by atoms with Gasteiger partial charge in [-0.3, -0.25) is 9.36 Å². The molecule has 4 rings (SSSR count). The summed E-state index contributed by atoms with van der Waals surface area (Å²) < 4.78 is 3.11. The molecule has 0 aliphatic heterocycles. The molecule has 2 aromatic heterocycles. The van der Waals surface area contributed by atoms with Gasteiger partial charge < -0.3 is 0 Å². The molecule has 6 nitrogen and oxygen atoms in total. The molecule has 0 bridgehead atoms. The van der Waals surface area contributed by atoms with Crippen LogP contribution in [0.15, 0.2) is 53.6 Å². The van der Waals surface area contributed by atoms with Gasteiger partial charge in [-0.15, -0.1) is 5.10 Å². The SMILES string of the molecule is Cc1cc(C)cc(-n2nnc3c(=O)n(Cc4cccc(Cl)c4)cnc32)c1. The molecule has 0 fully saturated rings. The molecule has 0 N–H and O–H groups in total. The summed E-state index contributed by atoms with van der Waals surface area (Å²) in [6.45, 7) is 4.40. The highest BCUT2D eigenvalue weighted by atomic mass is 35.5. The van der Waals surface area contributed by atoms with E-state index in [0.29, 0.717) is 17.2 Å². The second kappa shape index (κ2) is 6.38. The van der Waals surface area contributed by atoms with Crippen LogP contribution in [-0.2, 0) is 6.54 Å². The van der Waals surface area contributed by atoms with Crippen molar-refractivity contribution in [2.45, 2.75) is 20.4 Å². The van der Waals surface area contributed by atoms with Gasteiger partial charge in [-0.25, -0.2) is 4.98 Å². The minimum atomic E-state index is -0.231. The predicted molar refractivity (Wildman–Crippen MR) is 101 cm³/mol. The Labute approximate surface area is 154 Å². The standard InChI is InChI=1S/C19H16ClN5O/c1-12-6-13(2)8-16(7-12)25-18-17(22-23-25)19(26)24(11-21-18)10-14-4-3-5-15(20)9-14/h3-9,11H,10H2,1-2H3. The van der Waals surface area contributed by atoms with Crippen LogP contribution in [0.2, 0.25) is 5.02 Å².